The molecule has 0 bridgehead atoms. The van der Waals surface area contributed by atoms with Crippen LogP contribution in [0.25, 0.3) is 0 Å². The van der Waals surface area contributed by atoms with Crippen LogP contribution in [0.4, 0.5) is 0 Å². The molecule has 17 heavy (non-hydrogen) atoms. The first-order valence-electron chi connectivity index (χ1n) is 5.55. The summed E-state index contributed by atoms with van der Waals surface area (Å²) < 4.78 is 4.89. The minimum Gasteiger partial charge on any atom is -0.459 e. The molecule has 5 heteroatoms. The van der Waals surface area contributed by atoms with E-state index in [1.807, 2.05) is 6.08 Å². The average molecular weight is 234 g/mol. The zero-order valence-corrected chi connectivity index (χ0v) is 9.31. The Morgan fingerprint density at radius 2 is 2.29 bits per heavy atom. The standard InChI is InChI=1S/C12H14N2O3/c15-11(8-9-4-1-2-5-9)13-14-12(16)10-6-3-7-17-10/h1,3-4,6-7,9H,2,5,8H2,(H,13,15)(H,14,16). The normalized spacial score (nSPS) is 18.0. The van der Waals surface area contributed by atoms with Crippen molar-refractivity contribution < 1.29 is 14.0 Å². The van der Waals surface area contributed by atoms with Gasteiger partial charge in [0.05, 0.1) is 6.26 Å². The van der Waals surface area contributed by atoms with Gasteiger partial charge in [-0.3, -0.25) is 20.4 Å². The van der Waals surface area contributed by atoms with E-state index in [0.29, 0.717) is 6.42 Å². The molecule has 2 amide bonds. The molecule has 1 aliphatic carbocycles. The topological polar surface area (TPSA) is 71.3 Å². The highest BCUT2D eigenvalue weighted by atomic mass is 16.3. The van der Waals surface area contributed by atoms with Crippen molar-refractivity contribution in [1.29, 1.82) is 0 Å². The van der Waals surface area contributed by atoms with Gasteiger partial charge < -0.3 is 4.42 Å². The Hall–Kier alpha value is -2.04. The summed E-state index contributed by atoms with van der Waals surface area (Å²) >= 11 is 0. The Morgan fingerprint density at radius 3 is 2.94 bits per heavy atom. The Kier molecular flexibility index (Phi) is 3.59. The zero-order valence-electron chi connectivity index (χ0n) is 9.31. The van der Waals surface area contributed by atoms with Crippen LogP contribution in [0.3, 0.4) is 0 Å². The highest BCUT2D eigenvalue weighted by Gasteiger charge is 2.15. The largest absolute Gasteiger partial charge is 0.459 e. The van der Waals surface area contributed by atoms with Crippen LogP contribution in [0.1, 0.15) is 29.8 Å². The molecule has 5 nitrogen and oxygen atoms in total. The summed E-state index contributed by atoms with van der Waals surface area (Å²) in [6.07, 6.45) is 7.93. The fraction of sp³-hybridized carbons (Fsp3) is 0.333. The predicted octanol–water partition coefficient (Wildman–Crippen LogP) is 1.40. The lowest BCUT2D eigenvalue weighted by Crippen LogP contribution is -2.41. The number of allylic oxidation sites excluding steroid dienone is 2. The van der Waals surface area contributed by atoms with E-state index in [1.54, 1.807) is 6.07 Å². The Bertz CT molecular complexity index is 423. The van der Waals surface area contributed by atoms with E-state index in [2.05, 4.69) is 16.9 Å². The molecule has 0 saturated carbocycles. The first kappa shape index (κ1) is 11.4. The monoisotopic (exact) mass is 234 g/mol. The lowest BCUT2D eigenvalue weighted by atomic mass is 10.1. The van der Waals surface area contributed by atoms with Gasteiger partial charge in [-0.1, -0.05) is 12.2 Å². The van der Waals surface area contributed by atoms with Crippen molar-refractivity contribution in [2.24, 2.45) is 5.92 Å². The van der Waals surface area contributed by atoms with E-state index in [-0.39, 0.29) is 17.6 Å². The molecule has 2 N–H and O–H groups in total. The number of carbonyl (C=O) groups excluding carboxylic acids is 2. The molecule has 1 unspecified atom stereocenters. The van der Waals surface area contributed by atoms with E-state index in [9.17, 15) is 9.59 Å². The molecule has 2 rings (SSSR count). The molecule has 90 valence electrons. The van der Waals surface area contributed by atoms with E-state index in [4.69, 9.17) is 4.42 Å². The van der Waals surface area contributed by atoms with E-state index in [0.717, 1.165) is 12.8 Å². The molecule has 0 fully saturated rings. The van der Waals surface area contributed by atoms with Crippen molar-refractivity contribution in [3.8, 4) is 0 Å². The first-order chi connectivity index (χ1) is 8.25. The molecule has 0 spiro atoms. The molecule has 1 aromatic rings. The Balaban J connectivity index is 1.72. The first-order valence-corrected chi connectivity index (χ1v) is 5.55. The van der Waals surface area contributed by atoms with Crippen LogP contribution in [-0.2, 0) is 4.79 Å². The van der Waals surface area contributed by atoms with Gasteiger partial charge in [0.15, 0.2) is 5.76 Å². The van der Waals surface area contributed by atoms with Crippen LogP contribution in [0.5, 0.6) is 0 Å². The van der Waals surface area contributed by atoms with E-state index < -0.39 is 5.91 Å². The highest BCUT2D eigenvalue weighted by molar-refractivity contribution is 5.92. The minimum atomic E-state index is -0.453. The molecular formula is C12H14N2O3. The molecule has 0 aliphatic heterocycles. The third kappa shape index (κ3) is 3.21. The summed E-state index contributed by atoms with van der Waals surface area (Å²) in [5.74, 6) is -0.187. The van der Waals surface area contributed by atoms with Crippen LogP contribution < -0.4 is 10.9 Å². The molecule has 1 aromatic heterocycles. The van der Waals surface area contributed by atoms with E-state index >= 15 is 0 Å². The molecule has 0 aromatic carbocycles. The summed E-state index contributed by atoms with van der Waals surface area (Å²) in [5, 5.41) is 0. The van der Waals surface area contributed by atoms with Gasteiger partial charge in [-0.2, -0.15) is 0 Å². The van der Waals surface area contributed by atoms with Crippen LogP contribution in [0.15, 0.2) is 35.0 Å². The number of hydrogen-bond donors (Lipinski definition) is 2. The Morgan fingerprint density at radius 1 is 1.41 bits per heavy atom. The summed E-state index contributed by atoms with van der Waals surface area (Å²) in [4.78, 5) is 22.9. The van der Waals surface area contributed by atoms with Gasteiger partial charge in [0.2, 0.25) is 5.91 Å². The van der Waals surface area contributed by atoms with Gasteiger partial charge in [0.1, 0.15) is 0 Å². The summed E-state index contributed by atoms with van der Waals surface area (Å²) in [5.41, 5.74) is 4.67. The summed E-state index contributed by atoms with van der Waals surface area (Å²) in [6, 6.07) is 3.14. The third-order valence-electron chi connectivity index (χ3n) is 2.62. The van der Waals surface area contributed by atoms with Gasteiger partial charge in [-0.15, -0.1) is 0 Å². The Labute approximate surface area is 98.8 Å². The maximum Gasteiger partial charge on any atom is 0.305 e. The SMILES string of the molecule is O=C(CC1C=CCC1)NNC(=O)c1ccco1. The fourth-order valence-corrected chi connectivity index (χ4v) is 1.75. The number of nitrogens with one attached hydrogen (secondary N) is 2. The van der Waals surface area contributed by atoms with Crippen molar-refractivity contribution in [2.75, 3.05) is 0 Å². The second kappa shape index (κ2) is 5.34. The smallest absolute Gasteiger partial charge is 0.305 e. The van der Waals surface area contributed by atoms with Crippen LogP contribution in [0.2, 0.25) is 0 Å². The van der Waals surface area contributed by atoms with Gasteiger partial charge in [-0.25, -0.2) is 0 Å². The van der Waals surface area contributed by atoms with Crippen LogP contribution in [-0.4, -0.2) is 11.8 Å². The number of amides is 2. The average Bonchev–Trinajstić information content (AvgIpc) is 2.97. The number of hydrogen-bond acceptors (Lipinski definition) is 3. The third-order valence-corrected chi connectivity index (χ3v) is 2.62. The maximum atomic E-state index is 11.5. The van der Waals surface area contributed by atoms with Crippen molar-refractivity contribution in [3.05, 3.63) is 36.3 Å². The lowest BCUT2D eigenvalue weighted by Gasteiger charge is -2.08. The molecule has 0 saturated heterocycles. The van der Waals surface area contributed by atoms with Gasteiger partial charge in [0.25, 0.3) is 0 Å². The predicted molar refractivity (Wildman–Crippen MR) is 60.8 cm³/mol. The van der Waals surface area contributed by atoms with E-state index in [1.165, 1.54) is 12.3 Å². The molecular weight excluding hydrogens is 220 g/mol. The minimum absolute atomic E-state index is 0.172. The molecule has 1 atom stereocenters. The van der Waals surface area contributed by atoms with Gasteiger partial charge >= 0.3 is 5.91 Å². The summed E-state index contributed by atoms with van der Waals surface area (Å²) in [6.45, 7) is 0. The second-order valence-electron chi connectivity index (χ2n) is 3.95. The number of furan rings is 1. The fourth-order valence-electron chi connectivity index (χ4n) is 1.75. The molecule has 0 radical (unpaired) electrons. The van der Waals surface area contributed by atoms with Crippen molar-refractivity contribution in [2.45, 2.75) is 19.3 Å². The molecule has 1 heterocycles. The van der Waals surface area contributed by atoms with Gasteiger partial charge in [-0.05, 0) is 30.9 Å². The number of rotatable bonds is 3. The number of hydrazine groups is 1. The van der Waals surface area contributed by atoms with Crippen LogP contribution >= 0.6 is 0 Å². The lowest BCUT2D eigenvalue weighted by molar-refractivity contribution is -0.122. The van der Waals surface area contributed by atoms with Gasteiger partial charge in [0, 0.05) is 6.42 Å². The second-order valence-corrected chi connectivity index (χ2v) is 3.95. The quantitative estimate of drug-likeness (QED) is 0.613. The van der Waals surface area contributed by atoms with Crippen molar-refractivity contribution in [3.63, 3.8) is 0 Å². The highest BCUT2D eigenvalue weighted by Crippen LogP contribution is 2.19. The van der Waals surface area contributed by atoms with Crippen molar-refractivity contribution >= 4 is 11.8 Å². The number of carbonyl (C=O) groups is 2. The molecule has 1 aliphatic rings. The zero-order chi connectivity index (χ0) is 12.1. The maximum absolute atomic E-state index is 11.5. The summed E-state index contributed by atoms with van der Waals surface area (Å²) in [7, 11) is 0. The van der Waals surface area contributed by atoms with Crippen molar-refractivity contribution in [1.82, 2.24) is 10.9 Å². The van der Waals surface area contributed by atoms with Crippen LogP contribution in [0, 0.1) is 5.92 Å².